The molecule has 0 saturated carbocycles. The summed E-state index contributed by atoms with van der Waals surface area (Å²) in [6.07, 6.45) is 3.14. The number of Topliss-reactive ketones (excluding diaryl/α,β-unsaturated/α-hetero) is 2. The van der Waals surface area contributed by atoms with E-state index in [1.807, 2.05) is 41.8 Å². The molecule has 0 spiro atoms. The standard InChI is InChI=1S/2C21H24N4.2C9H19NO.3C8H18O/c1-14(2)24-13-16-9-5-6-10-17(16)21-20(22-23-25(21)15(3)4)18-11-7-8-12-19(18)24;1-14(2)24-13-16-9-5-6-10-17(16)20-21(25(15(3)4)23-22-20)18-11-7-8-12-19(18)24;2*1-7(2)9(11)6-10(5)8(3)4;1-7(2)5-9-6-8(3)4;2*1-7(2)5-6-9-8(3)4/h2*5-12,14-15H,13H2,1-4H3;2*7-8H,6H2,1-5H3;3*7-8H,5-6H2,1-4H3. The lowest BCUT2D eigenvalue weighted by Gasteiger charge is -2.33. The van der Waals surface area contributed by atoms with E-state index >= 15 is 0 Å². The number of hydrogen-bond donors (Lipinski definition) is 0. The zero-order valence-electron chi connectivity index (χ0n) is 67.9. The van der Waals surface area contributed by atoms with Gasteiger partial charge in [0.25, 0.3) is 0 Å². The zero-order chi connectivity index (χ0) is 75.0. The molecule has 0 saturated heterocycles. The third-order valence-electron chi connectivity index (χ3n) is 16.8. The van der Waals surface area contributed by atoms with Crippen LogP contribution in [0, 0.1) is 35.5 Å². The van der Waals surface area contributed by atoms with Gasteiger partial charge in [-0.3, -0.25) is 19.4 Å². The van der Waals surface area contributed by atoms with Gasteiger partial charge in [-0.05, 0) is 185 Å². The predicted octanol–water partition coefficient (Wildman–Crippen LogP) is 20.2. The number of fused-ring (bicyclic) bond motifs is 10. The van der Waals surface area contributed by atoms with Gasteiger partial charge in [-0.25, -0.2) is 9.36 Å². The average molecular weight is 1370 g/mol. The first-order valence-corrected chi connectivity index (χ1v) is 37.5. The fraction of sp³-hybridized carbons (Fsp3) is 0.643. The lowest BCUT2D eigenvalue weighted by Crippen LogP contribution is -2.33. The molecule has 0 aliphatic carbocycles. The first kappa shape index (κ1) is 89.0. The van der Waals surface area contributed by atoms with E-state index in [1.165, 1.54) is 52.0 Å². The van der Waals surface area contributed by atoms with Crippen molar-refractivity contribution in [3.05, 3.63) is 108 Å². The third-order valence-corrected chi connectivity index (χ3v) is 16.8. The topological polar surface area (TPSA) is 136 Å². The Balaban J connectivity index is 0.000000417. The van der Waals surface area contributed by atoms with Crippen molar-refractivity contribution in [1.82, 2.24) is 39.8 Å². The number of aromatic nitrogens is 6. The summed E-state index contributed by atoms with van der Waals surface area (Å²) in [6.45, 7) is 66.1. The van der Waals surface area contributed by atoms with E-state index in [-0.39, 0.29) is 23.9 Å². The second-order valence-corrected chi connectivity index (χ2v) is 31.2. The van der Waals surface area contributed by atoms with Crippen LogP contribution in [-0.4, -0.2) is 141 Å². The van der Waals surface area contributed by atoms with Crippen molar-refractivity contribution >= 4 is 22.9 Å². The molecule has 99 heavy (non-hydrogen) atoms. The molecule has 2 aliphatic rings. The molecule has 15 heteroatoms. The highest BCUT2D eigenvalue weighted by Crippen LogP contribution is 2.44. The Morgan fingerprint density at radius 1 is 0.404 bits per heavy atom. The van der Waals surface area contributed by atoms with Gasteiger partial charge in [0.2, 0.25) is 0 Å². The van der Waals surface area contributed by atoms with Crippen molar-refractivity contribution in [3.63, 3.8) is 0 Å². The largest absolute Gasteiger partial charge is 0.381 e. The molecule has 15 nitrogen and oxygen atoms in total. The Hall–Kier alpha value is -6.10. The van der Waals surface area contributed by atoms with Crippen molar-refractivity contribution in [2.75, 3.05) is 63.4 Å². The third kappa shape index (κ3) is 31.4. The average Bonchev–Trinajstić information content (AvgIpc) is 1.70. The number of carbonyl (C=O) groups excluding carboxylic acids is 2. The van der Waals surface area contributed by atoms with E-state index in [9.17, 15) is 9.59 Å². The van der Waals surface area contributed by atoms with Crippen LogP contribution in [0.1, 0.15) is 230 Å². The van der Waals surface area contributed by atoms with Crippen molar-refractivity contribution in [1.29, 1.82) is 0 Å². The zero-order valence-corrected chi connectivity index (χ0v) is 67.9. The normalized spacial score (nSPS) is 12.4. The quantitative estimate of drug-likeness (QED) is 0.0569. The second-order valence-electron chi connectivity index (χ2n) is 31.2. The first-order valence-electron chi connectivity index (χ1n) is 37.5. The SMILES string of the molecule is CC(C)C(=O)CN(C)C(C)C.CC(C)C(=O)CN(C)C(C)C.CC(C)CCOC(C)C.CC(C)CCOC(C)C.CC(C)COCC(C)C.CC(C)N1Cc2ccccc2-c2c(nnn2C(C)C)-c2ccccc21.CC(C)N1Cc2ccccc2-c2nnn(C(C)C)c2-c2ccccc21. The summed E-state index contributed by atoms with van der Waals surface area (Å²) in [7, 11) is 3.95. The number of ketones is 2. The smallest absolute Gasteiger partial charge is 0.149 e. The highest BCUT2D eigenvalue weighted by Gasteiger charge is 2.30. The lowest BCUT2D eigenvalue weighted by atomic mass is 9.95. The molecule has 2 aliphatic heterocycles. The van der Waals surface area contributed by atoms with Crippen molar-refractivity contribution < 1.29 is 23.8 Å². The fourth-order valence-corrected chi connectivity index (χ4v) is 10.1. The fourth-order valence-electron chi connectivity index (χ4n) is 10.1. The highest BCUT2D eigenvalue weighted by atomic mass is 16.5. The summed E-state index contributed by atoms with van der Waals surface area (Å²) in [5, 5.41) is 18.2. The van der Waals surface area contributed by atoms with E-state index in [1.54, 1.807) is 0 Å². The van der Waals surface area contributed by atoms with Gasteiger partial charge in [-0.2, -0.15) is 0 Å². The first-order chi connectivity index (χ1) is 46.4. The van der Waals surface area contributed by atoms with E-state index < -0.39 is 0 Å². The Labute approximate surface area is 603 Å². The minimum Gasteiger partial charge on any atom is -0.381 e. The number of rotatable bonds is 24. The summed E-state index contributed by atoms with van der Waals surface area (Å²) >= 11 is 0. The molecule has 0 bridgehead atoms. The molecular weight excluding hydrogens is 1230 g/mol. The molecule has 0 radical (unpaired) electrons. The van der Waals surface area contributed by atoms with Crippen LogP contribution in [0.15, 0.2) is 97.1 Å². The van der Waals surface area contributed by atoms with E-state index in [4.69, 9.17) is 14.2 Å². The highest BCUT2D eigenvalue weighted by molar-refractivity contribution is 5.89. The summed E-state index contributed by atoms with van der Waals surface area (Å²) in [4.78, 5) is 31.5. The monoisotopic (exact) mass is 1370 g/mol. The number of benzene rings is 4. The van der Waals surface area contributed by atoms with Crippen molar-refractivity contribution in [2.45, 2.75) is 268 Å². The second kappa shape index (κ2) is 45.7. The van der Waals surface area contributed by atoms with Crippen LogP contribution in [-0.2, 0) is 36.9 Å². The maximum absolute atomic E-state index is 11.2. The number of para-hydroxylation sites is 2. The van der Waals surface area contributed by atoms with Gasteiger partial charge in [0.05, 0.1) is 36.7 Å². The van der Waals surface area contributed by atoms with Gasteiger partial charge < -0.3 is 24.0 Å². The van der Waals surface area contributed by atoms with Crippen LogP contribution in [0.2, 0.25) is 0 Å². The molecule has 0 amide bonds. The lowest BCUT2D eigenvalue weighted by molar-refractivity contribution is -0.123. The summed E-state index contributed by atoms with van der Waals surface area (Å²) in [5.41, 5.74) is 14.1. The number of ether oxygens (including phenoxy) is 3. The molecule has 0 atom stereocenters. The van der Waals surface area contributed by atoms with Gasteiger partial charge in [0.15, 0.2) is 0 Å². The number of nitrogens with zero attached hydrogens (tertiary/aromatic N) is 10. The molecular formula is C84H140N10O5. The van der Waals surface area contributed by atoms with Crippen molar-refractivity contribution in [3.8, 4) is 45.0 Å². The Kier molecular flexibility index (Phi) is 41.1. The van der Waals surface area contributed by atoms with Crippen molar-refractivity contribution in [2.24, 2.45) is 35.5 Å². The molecule has 2 aromatic heterocycles. The van der Waals surface area contributed by atoms with Gasteiger partial charge in [0, 0.05) is 121 Å². The van der Waals surface area contributed by atoms with Crippen LogP contribution in [0.25, 0.3) is 45.0 Å². The van der Waals surface area contributed by atoms with Gasteiger partial charge in [-0.1, -0.05) is 178 Å². The molecule has 8 rings (SSSR count). The Bertz CT molecular complexity index is 3090. The number of likely N-dealkylation sites (N-methyl/N-ethyl adjacent to an activating group) is 2. The van der Waals surface area contributed by atoms with E-state index in [2.05, 4.69) is 313 Å². The molecule has 0 N–H and O–H groups in total. The Morgan fingerprint density at radius 3 is 1.07 bits per heavy atom. The van der Waals surface area contributed by atoms with Gasteiger partial charge >= 0.3 is 0 Å². The molecule has 0 fully saturated rings. The number of hydrogen-bond acceptors (Lipinski definition) is 13. The van der Waals surface area contributed by atoms with Crippen LogP contribution < -0.4 is 9.80 Å². The molecule has 6 aromatic rings. The summed E-state index contributed by atoms with van der Waals surface area (Å²) < 4.78 is 20.2. The van der Waals surface area contributed by atoms with E-state index in [0.29, 0.717) is 72.9 Å². The molecule has 0 unspecified atom stereocenters. The molecule has 556 valence electrons. The predicted molar refractivity (Wildman–Crippen MR) is 422 cm³/mol. The van der Waals surface area contributed by atoms with E-state index in [0.717, 1.165) is 79.7 Å². The molecule has 4 aromatic carbocycles. The van der Waals surface area contributed by atoms with Gasteiger partial charge in [-0.15, -0.1) is 10.2 Å². The minimum atomic E-state index is 0.163. The van der Waals surface area contributed by atoms with Crippen LogP contribution in [0.3, 0.4) is 0 Å². The molecule has 4 heterocycles. The maximum Gasteiger partial charge on any atom is 0.149 e. The Morgan fingerprint density at radius 2 is 0.727 bits per heavy atom. The van der Waals surface area contributed by atoms with Crippen LogP contribution in [0.4, 0.5) is 11.4 Å². The maximum atomic E-state index is 11.2. The summed E-state index contributed by atoms with van der Waals surface area (Å²) in [5.74, 6) is 3.84. The minimum absolute atomic E-state index is 0.163. The number of anilines is 2. The van der Waals surface area contributed by atoms with Crippen LogP contribution >= 0.6 is 0 Å². The summed E-state index contributed by atoms with van der Waals surface area (Å²) in [6, 6.07) is 36.6. The van der Waals surface area contributed by atoms with Crippen LogP contribution in [0.5, 0.6) is 0 Å². The van der Waals surface area contributed by atoms with Gasteiger partial charge in [0.1, 0.15) is 23.0 Å². The number of carbonyl (C=O) groups is 2.